The van der Waals surface area contributed by atoms with Crippen LogP contribution in [0.25, 0.3) is 0 Å². The predicted molar refractivity (Wildman–Crippen MR) is 57.2 cm³/mol. The highest BCUT2D eigenvalue weighted by Crippen LogP contribution is 2.28. The van der Waals surface area contributed by atoms with E-state index in [4.69, 9.17) is 10.3 Å². The van der Waals surface area contributed by atoms with E-state index in [-0.39, 0.29) is 0 Å². The van der Waals surface area contributed by atoms with Gasteiger partial charge in [-0.15, -0.1) is 0 Å². The van der Waals surface area contributed by atoms with Gasteiger partial charge in [-0.2, -0.15) is 4.98 Å². The number of hydrogen-bond donors (Lipinski definition) is 1. The fourth-order valence-corrected chi connectivity index (χ4v) is 2.23. The van der Waals surface area contributed by atoms with Crippen molar-refractivity contribution in [3.8, 4) is 0 Å². The van der Waals surface area contributed by atoms with Crippen LogP contribution in [0.4, 0.5) is 0 Å². The third kappa shape index (κ3) is 2.78. The van der Waals surface area contributed by atoms with Crippen LogP contribution in [0.15, 0.2) is 4.52 Å². The van der Waals surface area contributed by atoms with E-state index < -0.39 is 0 Å². The Morgan fingerprint density at radius 3 is 2.40 bits per heavy atom. The lowest BCUT2D eigenvalue weighted by Gasteiger charge is -2.15. The van der Waals surface area contributed by atoms with Crippen LogP contribution in [0.2, 0.25) is 0 Å². The van der Waals surface area contributed by atoms with E-state index in [1.165, 1.54) is 44.9 Å². The maximum absolute atomic E-state index is 5.45. The first-order valence-corrected chi connectivity index (χ1v) is 5.92. The molecule has 0 aliphatic heterocycles. The highest BCUT2D eigenvalue weighted by Gasteiger charge is 2.18. The van der Waals surface area contributed by atoms with Gasteiger partial charge in [0.15, 0.2) is 5.82 Å². The monoisotopic (exact) mass is 209 g/mol. The molecule has 4 nitrogen and oxygen atoms in total. The van der Waals surface area contributed by atoms with Crippen LogP contribution in [0.3, 0.4) is 0 Å². The second-order valence-electron chi connectivity index (χ2n) is 4.29. The van der Waals surface area contributed by atoms with Gasteiger partial charge in [-0.3, -0.25) is 0 Å². The zero-order valence-electron chi connectivity index (χ0n) is 9.11. The summed E-state index contributed by atoms with van der Waals surface area (Å²) in [6.07, 6.45) is 9.05. The van der Waals surface area contributed by atoms with E-state index in [9.17, 15) is 0 Å². The van der Waals surface area contributed by atoms with Gasteiger partial charge in [0.25, 0.3) is 0 Å². The molecular formula is C11H19N3O. The number of nitrogens with two attached hydrogens (primary N) is 1. The van der Waals surface area contributed by atoms with Crippen molar-refractivity contribution in [2.45, 2.75) is 57.4 Å². The van der Waals surface area contributed by atoms with Crippen molar-refractivity contribution < 1.29 is 4.52 Å². The van der Waals surface area contributed by atoms with Crippen molar-refractivity contribution in [2.75, 3.05) is 0 Å². The maximum atomic E-state index is 5.45. The first-order chi connectivity index (χ1) is 7.40. The minimum Gasteiger partial charge on any atom is -0.338 e. The maximum Gasteiger partial charge on any atom is 0.240 e. The average Bonchev–Trinajstić information content (AvgIpc) is 2.65. The summed E-state index contributed by atoms with van der Waals surface area (Å²) in [5.74, 6) is 1.93. The standard InChI is InChI=1S/C11H19N3O/c12-8-10-13-11(14-15-10)9-6-4-2-1-3-5-7-9/h9H,1-8,12H2. The lowest BCUT2D eigenvalue weighted by atomic mass is 9.91. The van der Waals surface area contributed by atoms with Crippen LogP contribution < -0.4 is 5.73 Å². The molecule has 0 aromatic carbocycles. The van der Waals surface area contributed by atoms with Crippen molar-refractivity contribution in [2.24, 2.45) is 5.73 Å². The highest BCUT2D eigenvalue weighted by atomic mass is 16.5. The summed E-state index contributed by atoms with van der Waals surface area (Å²) in [6, 6.07) is 0. The summed E-state index contributed by atoms with van der Waals surface area (Å²) in [6.45, 7) is 0.347. The van der Waals surface area contributed by atoms with Crippen LogP contribution in [0.1, 0.15) is 62.6 Å². The van der Waals surface area contributed by atoms with E-state index in [2.05, 4.69) is 10.1 Å². The smallest absolute Gasteiger partial charge is 0.240 e. The largest absolute Gasteiger partial charge is 0.338 e. The second kappa shape index (κ2) is 5.26. The van der Waals surface area contributed by atoms with Gasteiger partial charge in [-0.05, 0) is 12.8 Å². The van der Waals surface area contributed by atoms with Crippen LogP contribution in [-0.2, 0) is 6.54 Å². The van der Waals surface area contributed by atoms with Gasteiger partial charge in [0, 0.05) is 5.92 Å². The van der Waals surface area contributed by atoms with E-state index in [1.54, 1.807) is 0 Å². The molecule has 1 aromatic rings. The minimum absolute atomic E-state index is 0.347. The van der Waals surface area contributed by atoms with Gasteiger partial charge in [-0.25, -0.2) is 0 Å². The van der Waals surface area contributed by atoms with E-state index in [0.29, 0.717) is 18.4 Å². The van der Waals surface area contributed by atoms with Crippen molar-refractivity contribution in [1.82, 2.24) is 10.1 Å². The summed E-state index contributed by atoms with van der Waals surface area (Å²) in [7, 11) is 0. The average molecular weight is 209 g/mol. The molecule has 84 valence electrons. The summed E-state index contributed by atoms with van der Waals surface area (Å²) < 4.78 is 5.05. The molecule has 1 saturated carbocycles. The van der Waals surface area contributed by atoms with Crippen LogP contribution >= 0.6 is 0 Å². The molecule has 15 heavy (non-hydrogen) atoms. The third-order valence-electron chi connectivity index (χ3n) is 3.13. The van der Waals surface area contributed by atoms with Crippen LogP contribution in [0, 0.1) is 0 Å². The highest BCUT2D eigenvalue weighted by molar-refractivity contribution is 4.95. The van der Waals surface area contributed by atoms with E-state index in [0.717, 1.165) is 5.82 Å². The molecule has 4 heteroatoms. The Morgan fingerprint density at radius 1 is 1.13 bits per heavy atom. The van der Waals surface area contributed by atoms with Gasteiger partial charge in [-0.1, -0.05) is 37.3 Å². The Balaban J connectivity index is 2.00. The summed E-state index contributed by atoms with van der Waals surface area (Å²) in [5, 5.41) is 4.02. The molecule has 0 spiro atoms. The predicted octanol–water partition coefficient (Wildman–Crippen LogP) is 2.36. The normalized spacial score (nSPS) is 19.8. The molecule has 0 radical (unpaired) electrons. The minimum atomic E-state index is 0.347. The number of rotatable bonds is 2. The Bertz CT molecular complexity index is 290. The molecule has 1 aliphatic rings. The van der Waals surface area contributed by atoms with E-state index in [1.807, 2.05) is 0 Å². The molecule has 0 unspecified atom stereocenters. The summed E-state index contributed by atoms with van der Waals surface area (Å²) >= 11 is 0. The summed E-state index contributed by atoms with van der Waals surface area (Å²) in [4.78, 5) is 4.32. The zero-order chi connectivity index (χ0) is 10.5. The van der Waals surface area contributed by atoms with Gasteiger partial charge < -0.3 is 10.3 Å². The first kappa shape index (κ1) is 10.6. The third-order valence-corrected chi connectivity index (χ3v) is 3.13. The van der Waals surface area contributed by atoms with Crippen LogP contribution in [-0.4, -0.2) is 10.1 Å². The molecular weight excluding hydrogens is 190 g/mol. The quantitative estimate of drug-likeness (QED) is 0.812. The van der Waals surface area contributed by atoms with Crippen molar-refractivity contribution in [3.05, 3.63) is 11.7 Å². The van der Waals surface area contributed by atoms with Gasteiger partial charge in [0.05, 0.1) is 6.54 Å². The lowest BCUT2D eigenvalue weighted by Crippen LogP contribution is -2.05. The first-order valence-electron chi connectivity index (χ1n) is 5.92. The number of hydrogen-bond acceptors (Lipinski definition) is 4. The SMILES string of the molecule is NCc1nc(C2CCCCCCC2)no1. The molecule has 2 N–H and O–H groups in total. The van der Waals surface area contributed by atoms with Crippen LogP contribution in [0.5, 0.6) is 0 Å². The fourth-order valence-electron chi connectivity index (χ4n) is 2.23. The van der Waals surface area contributed by atoms with Gasteiger partial charge in [0.1, 0.15) is 0 Å². The molecule has 1 aromatic heterocycles. The topological polar surface area (TPSA) is 64.9 Å². The Kier molecular flexibility index (Phi) is 3.72. The molecule has 2 rings (SSSR count). The second-order valence-corrected chi connectivity index (χ2v) is 4.29. The molecule has 0 amide bonds. The molecule has 0 bridgehead atoms. The molecule has 1 fully saturated rings. The Morgan fingerprint density at radius 2 is 1.80 bits per heavy atom. The Labute approximate surface area is 90.2 Å². The van der Waals surface area contributed by atoms with Gasteiger partial charge >= 0.3 is 0 Å². The molecule has 1 heterocycles. The van der Waals surface area contributed by atoms with Crippen molar-refractivity contribution in [1.29, 1.82) is 0 Å². The molecule has 1 aliphatic carbocycles. The molecule has 0 saturated heterocycles. The number of nitrogens with zero attached hydrogens (tertiary/aromatic N) is 2. The Hall–Kier alpha value is -0.900. The van der Waals surface area contributed by atoms with Gasteiger partial charge in [0.2, 0.25) is 5.89 Å². The van der Waals surface area contributed by atoms with Crippen molar-refractivity contribution >= 4 is 0 Å². The van der Waals surface area contributed by atoms with E-state index >= 15 is 0 Å². The van der Waals surface area contributed by atoms with Crippen molar-refractivity contribution in [3.63, 3.8) is 0 Å². The summed E-state index contributed by atoms with van der Waals surface area (Å²) in [5.41, 5.74) is 5.45. The lowest BCUT2D eigenvalue weighted by molar-refractivity contribution is 0.362. The fraction of sp³-hybridized carbons (Fsp3) is 0.818. The zero-order valence-corrected chi connectivity index (χ0v) is 9.11. The number of aromatic nitrogens is 2. The molecule has 0 atom stereocenters.